The zero-order valence-electron chi connectivity index (χ0n) is 8.32. The summed E-state index contributed by atoms with van der Waals surface area (Å²) in [5.41, 5.74) is 0.0605. The molecule has 0 fully saturated rings. The van der Waals surface area contributed by atoms with Crippen LogP contribution < -0.4 is 0 Å². The van der Waals surface area contributed by atoms with Gasteiger partial charge in [-0.25, -0.2) is 14.6 Å². The number of oxazole rings is 1. The van der Waals surface area contributed by atoms with E-state index in [9.17, 15) is 9.59 Å². The first-order valence-corrected chi connectivity index (χ1v) is 4.46. The van der Waals surface area contributed by atoms with Crippen molar-refractivity contribution in [3.8, 4) is 11.6 Å². The first-order chi connectivity index (χ1) is 8.08. The topological polar surface area (TPSA) is 114 Å². The number of pyridine rings is 1. The molecule has 0 aliphatic rings. The predicted molar refractivity (Wildman–Crippen MR) is 53.7 cm³/mol. The Bertz CT molecular complexity index is 573. The van der Waals surface area contributed by atoms with Crippen LogP contribution in [0.1, 0.15) is 20.8 Å². The van der Waals surface area contributed by atoms with Crippen molar-refractivity contribution < 1.29 is 24.2 Å². The van der Waals surface area contributed by atoms with Crippen LogP contribution in [-0.2, 0) is 0 Å². The third-order valence-corrected chi connectivity index (χ3v) is 1.95. The first kappa shape index (κ1) is 10.8. The van der Waals surface area contributed by atoms with Crippen LogP contribution in [0.25, 0.3) is 11.6 Å². The molecule has 86 valence electrons. The lowest BCUT2D eigenvalue weighted by Gasteiger charge is -1.95. The van der Waals surface area contributed by atoms with Gasteiger partial charge in [0.05, 0.1) is 5.56 Å². The molecule has 0 atom stereocenters. The molecule has 2 rings (SSSR count). The Morgan fingerprint density at radius 3 is 2.41 bits per heavy atom. The smallest absolute Gasteiger partial charge is 0.357 e. The van der Waals surface area contributed by atoms with Gasteiger partial charge in [-0.15, -0.1) is 0 Å². The molecule has 0 bridgehead atoms. The second kappa shape index (κ2) is 4.05. The maximum absolute atomic E-state index is 10.6. The maximum atomic E-state index is 10.6. The number of carboxylic acid groups (broad SMARTS) is 2. The molecule has 7 heteroatoms. The van der Waals surface area contributed by atoms with Gasteiger partial charge in [0.15, 0.2) is 5.69 Å². The van der Waals surface area contributed by atoms with Crippen LogP contribution in [-0.4, -0.2) is 32.1 Å². The number of hydrogen-bond acceptors (Lipinski definition) is 5. The van der Waals surface area contributed by atoms with Gasteiger partial charge in [0.1, 0.15) is 12.0 Å². The summed E-state index contributed by atoms with van der Waals surface area (Å²) < 4.78 is 4.91. The molecule has 2 aromatic rings. The molecule has 0 aliphatic carbocycles. The van der Waals surface area contributed by atoms with Crippen LogP contribution in [0.5, 0.6) is 0 Å². The number of carboxylic acids is 2. The standard InChI is InChI=1S/C10H6N2O5/c13-9(14)5-1-2-6(11-3-5)8-12-7(4-17-8)10(15)16/h1-4H,(H,13,14)(H,15,16). The number of aromatic carboxylic acids is 2. The highest BCUT2D eigenvalue weighted by Crippen LogP contribution is 2.16. The molecule has 2 heterocycles. The number of rotatable bonds is 3. The van der Waals surface area contributed by atoms with Crippen molar-refractivity contribution in [2.75, 3.05) is 0 Å². The average Bonchev–Trinajstić information content (AvgIpc) is 2.78. The summed E-state index contributed by atoms with van der Waals surface area (Å²) in [5, 5.41) is 17.3. The average molecular weight is 234 g/mol. The summed E-state index contributed by atoms with van der Waals surface area (Å²) in [5.74, 6) is -2.27. The van der Waals surface area contributed by atoms with Crippen LogP contribution in [0, 0.1) is 0 Å². The lowest BCUT2D eigenvalue weighted by atomic mass is 10.2. The summed E-state index contributed by atoms with van der Waals surface area (Å²) in [7, 11) is 0. The number of aromatic nitrogens is 2. The van der Waals surface area contributed by atoms with E-state index >= 15 is 0 Å². The second-order valence-electron chi connectivity index (χ2n) is 3.08. The van der Waals surface area contributed by atoms with Crippen LogP contribution in [0.3, 0.4) is 0 Å². The molecule has 7 nitrogen and oxygen atoms in total. The minimum Gasteiger partial charge on any atom is -0.478 e. The lowest BCUT2D eigenvalue weighted by Crippen LogP contribution is -1.98. The van der Waals surface area contributed by atoms with Gasteiger partial charge in [0.25, 0.3) is 0 Å². The van der Waals surface area contributed by atoms with Gasteiger partial charge in [0, 0.05) is 6.20 Å². The van der Waals surface area contributed by atoms with Gasteiger partial charge >= 0.3 is 11.9 Å². The highest BCUT2D eigenvalue weighted by atomic mass is 16.4. The molecule has 0 aliphatic heterocycles. The Hall–Kier alpha value is -2.70. The van der Waals surface area contributed by atoms with Crippen molar-refractivity contribution in [3.63, 3.8) is 0 Å². The summed E-state index contributed by atoms with van der Waals surface area (Å²) >= 11 is 0. The van der Waals surface area contributed by atoms with Gasteiger partial charge in [-0.1, -0.05) is 0 Å². The predicted octanol–water partition coefficient (Wildman–Crippen LogP) is 1.13. The third kappa shape index (κ3) is 2.12. The molecule has 0 amide bonds. The molecule has 17 heavy (non-hydrogen) atoms. The van der Waals surface area contributed by atoms with Gasteiger partial charge < -0.3 is 14.6 Å². The second-order valence-corrected chi connectivity index (χ2v) is 3.08. The first-order valence-electron chi connectivity index (χ1n) is 4.46. The fraction of sp³-hybridized carbons (Fsp3) is 0. The number of hydrogen-bond donors (Lipinski definition) is 2. The zero-order chi connectivity index (χ0) is 12.4. The maximum Gasteiger partial charge on any atom is 0.357 e. The fourth-order valence-corrected chi connectivity index (χ4v) is 1.14. The van der Waals surface area contributed by atoms with E-state index < -0.39 is 11.9 Å². The van der Waals surface area contributed by atoms with E-state index in [0.29, 0.717) is 0 Å². The molecule has 2 aromatic heterocycles. The van der Waals surface area contributed by atoms with Crippen molar-refractivity contribution in [1.29, 1.82) is 0 Å². The summed E-state index contributed by atoms with van der Waals surface area (Å²) in [6.07, 6.45) is 2.13. The van der Waals surface area contributed by atoms with Crippen molar-refractivity contribution in [2.45, 2.75) is 0 Å². The van der Waals surface area contributed by atoms with Crippen molar-refractivity contribution in [2.24, 2.45) is 0 Å². The molecular formula is C10H6N2O5. The van der Waals surface area contributed by atoms with E-state index in [1.54, 1.807) is 0 Å². The molecule has 0 radical (unpaired) electrons. The molecular weight excluding hydrogens is 228 g/mol. The molecule has 0 saturated carbocycles. The highest BCUT2D eigenvalue weighted by molar-refractivity contribution is 5.87. The minimum atomic E-state index is -1.21. The summed E-state index contributed by atoms with van der Waals surface area (Å²) in [6, 6.07) is 2.72. The Balaban J connectivity index is 2.33. The minimum absolute atomic E-state index is 0.0266. The number of carbonyl (C=O) groups is 2. The lowest BCUT2D eigenvalue weighted by molar-refractivity contribution is 0.0682. The molecule has 0 saturated heterocycles. The summed E-state index contributed by atoms with van der Waals surface area (Å²) in [4.78, 5) is 28.6. The molecule has 0 unspecified atom stereocenters. The van der Waals surface area contributed by atoms with Gasteiger partial charge in [-0.2, -0.15) is 0 Å². The molecule has 2 N–H and O–H groups in total. The van der Waals surface area contributed by atoms with E-state index in [0.717, 1.165) is 12.5 Å². The van der Waals surface area contributed by atoms with Gasteiger partial charge in [-0.3, -0.25) is 4.98 Å². The Labute approximate surface area is 94.4 Å². The van der Waals surface area contributed by atoms with E-state index in [2.05, 4.69) is 9.97 Å². The monoisotopic (exact) mass is 234 g/mol. The normalized spacial score (nSPS) is 10.1. The fourth-order valence-electron chi connectivity index (χ4n) is 1.14. The van der Waals surface area contributed by atoms with E-state index in [-0.39, 0.29) is 22.8 Å². The summed E-state index contributed by atoms with van der Waals surface area (Å²) in [6.45, 7) is 0. The number of nitrogens with zero attached hydrogens (tertiary/aromatic N) is 2. The Morgan fingerprint density at radius 2 is 1.94 bits per heavy atom. The van der Waals surface area contributed by atoms with Crippen LogP contribution in [0.4, 0.5) is 0 Å². The van der Waals surface area contributed by atoms with Crippen LogP contribution in [0.15, 0.2) is 29.0 Å². The largest absolute Gasteiger partial charge is 0.478 e. The zero-order valence-corrected chi connectivity index (χ0v) is 8.32. The van der Waals surface area contributed by atoms with Crippen molar-refractivity contribution in [1.82, 2.24) is 9.97 Å². The van der Waals surface area contributed by atoms with Crippen LogP contribution >= 0.6 is 0 Å². The van der Waals surface area contributed by atoms with Crippen LogP contribution in [0.2, 0.25) is 0 Å². The van der Waals surface area contributed by atoms with E-state index in [4.69, 9.17) is 14.6 Å². The SMILES string of the molecule is O=C(O)c1ccc(-c2nc(C(=O)O)co2)nc1. The molecule has 0 aromatic carbocycles. The Kier molecular flexibility index (Phi) is 2.57. The third-order valence-electron chi connectivity index (χ3n) is 1.95. The van der Waals surface area contributed by atoms with Crippen molar-refractivity contribution in [3.05, 3.63) is 35.9 Å². The molecule has 0 spiro atoms. The van der Waals surface area contributed by atoms with Crippen molar-refractivity contribution >= 4 is 11.9 Å². The van der Waals surface area contributed by atoms with Gasteiger partial charge in [-0.05, 0) is 12.1 Å². The van der Waals surface area contributed by atoms with E-state index in [1.165, 1.54) is 12.1 Å². The quantitative estimate of drug-likeness (QED) is 0.818. The van der Waals surface area contributed by atoms with E-state index in [1.807, 2.05) is 0 Å². The highest BCUT2D eigenvalue weighted by Gasteiger charge is 2.13. The Morgan fingerprint density at radius 1 is 1.18 bits per heavy atom. The van der Waals surface area contributed by atoms with Gasteiger partial charge in [0.2, 0.25) is 5.89 Å².